The van der Waals surface area contributed by atoms with Gasteiger partial charge in [-0.3, -0.25) is 4.79 Å². The minimum Gasteiger partial charge on any atom is -0.493 e. The maximum absolute atomic E-state index is 12.1. The van der Waals surface area contributed by atoms with Crippen LogP contribution in [0.25, 0.3) is 0 Å². The number of hydrogen-bond donors (Lipinski definition) is 1. The maximum atomic E-state index is 12.1. The average Bonchev–Trinajstić information content (AvgIpc) is 2.73. The highest BCUT2D eigenvalue weighted by atomic mass is 16.5. The van der Waals surface area contributed by atoms with Crippen LogP contribution in [-0.2, 0) is 4.79 Å². The predicted octanol–water partition coefficient (Wildman–Crippen LogP) is 2.49. The molecule has 5 heteroatoms. The summed E-state index contributed by atoms with van der Waals surface area (Å²) in [5, 5.41) is 0. The highest BCUT2D eigenvalue weighted by Crippen LogP contribution is 2.37. The Morgan fingerprint density at radius 3 is 2.68 bits per heavy atom. The average molecular weight is 306 g/mol. The van der Waals surface area contributed by atoms with Gasteiger partial charge in [0.05, 0.1) is 19.3 Å². The van der Waals surface area contributed by atoms with E-state index in [1.807, 2.05) is 36.9 Å². The van der Waals surface area contributed by atoms with E-state index in [1.54, 1.807) is 7.11 Å². The van der Waals surface area contributed by atoms with E-state index in [0.29, 0.717) is 17.9 Å². The van der Waals surface area contributed by atoms with Gasteiger partial charge in [0.1, 0.15) is 0 Å². The van der Waals surface area contributed by atoms with E-state index in [9.17, 15) is 4.79 Å². The summed E-state index contributed by atoms with van der Waals surface area (Å²) >= 11 is 0. The Balaban J connectivity index is 2.36. The lowest BCUT2D eigenvalue weighted by Crippen LogP contribution is -2.33. The zero-order valence-electron chi connectivity index (χ0n) is 13.8. The molecule has 2 unspecified atom stereocenters. The summed E-state index contributed by atoms with van der Waals surface area (Å²) in [5.41, 5.74) is 7.21. The molecule has 0 radical (unpaired) electrons. The Labute approximate surface area is 132 Å². The Bertz CT molecular complexity index is 531. The van der Waals surface area contributed by atoms with Crippen molar-refractivity contribution in [3.8, 4) is 11.5 Å². The van der Waals surface area contributed by atoms with Crippen LogP contribution in [0, 0.1) is 0 Å². The largest absolute Gasteiger partial charge is 0.493 e. The van der Waals surface area contributed by atoms with Crippen molar-refractivity contribution in [1.29, 1.82) is 0 Å². The van der Waals surface area contributed by atoms with Crippen LogP contribution >= 0.6 is 0 Å². The molecule has 1 amide bonds. The molecule has 0 bridgehead atoms. The van der Waals surface area contributed by atoms with Gasteiger partial charge < -0.3 is 20.1 Å². The number of methoxy groups -OCH3 is 1. The van der Waals surface area contributed by atoms with Crippen molar-refractivity contribution in [3.05, 3.63) is 23.8 Å². The first-order chi connectivity index (χ1) is 10.5. The molecule has 0 aromatic heterocycles. The number of nitrogens with two attached hydrogens (primary N) is 1. The van der Waals surface area contributed by atoms with Crippen molar-refractivity contribution in [2.75, 3.05) is 13.7 Å². The topological polar surface area (TPSA) is 64.8 Å². The second-order valence-corrected chi connectivity index (χ2v) is 5.98. The fraction of sp³-hybridized carbons (Fsp3) is 0.588. The molecule has 22 heavy (non-hydrogen) atoms. The van der Waals surface area contributed by atoms with Crippen molar-refractivity contribution in [2.24, 2.45) is 5.73 Å². The first-order valence-electron chi connectivity index (χ1n) is 7.87. The highest BCUT2D eigenvalue weighted by Gasteiger charge is 2.38. The number of ether oxygens (including phenoxy) is 2. The van der Waals surface area contributed by atoms with E-state index in [2.05, 4.69) is 6.92 Å². The molecule has 2 atom stereocenters. The molecule has 0 spiro atoms. The SMILES string of the molecule is CCCN1C(=O)CC(N)C1c1ccc(OC)c(OC(C)C)c1. The third-order valence-electron chi connectivity index (χ3n) is 3.83. The van der Waals surface area contributed by atoms with E-state index >= 15 is 0 Å². The zero-order chi connectivity index (χ0) is 16.3. The number of benzene rings is 1. The van der Waals surface area contributed by atoms with Gasteiger partial charge in [-0.15, -0.1) is 0 Å². The van der Waals surface area contributed by atoms with Gasteiger partial charge in [0.15, 0.2) is 11.5 Å². The summed E-state index contributed by atoms with van der Waals surface area (Å²) in [5.74, 6) is 1.51. The van der Waals surface area contributed by atoms with E-state index < -0.39 is 0 Å². The number of rotatable bonds is 6. The normalized spacial score (nSPS) is 21.5. The van der Waals surface area contributed by atoms with E-state index in [4.69, 9.17) is 15.2 Å². The van der Waals surface area contributed by atoms with Crippen LogP contribution < -0.4 is 15.2 Å². The Hall–Kier alpha value is -1.75. The van der Waals surface area contributed by atoms with Gasteiger partial charge in [-0.05, 0) is 38.0 Å². The number of likely N-dealkylation sites (tertiary alicyclic amines) is 1. The van der Waals surface area contributed by atoms with Gasteiger partial charge in [0, 0.05) is 19.0 Å². The lowest BCUT2D eigenvalue weighted by Gasteiger charge is -2.27. The molecule has 0 saturated carbocycles. The summed E-state index contributed by atoms with van der Waals surface area (Å²) in [6.45, 7) is 6.74. The minimum absolute atomic E-state index is 0.0507. The molecular formula is C17H26N2O3. The van der Waals surface area contributed by atoms with Crippen molar-refractivity contribution in [2.45, 2.75) is 51.8 Å². The Kier molecular flexibility index (Phi) is 5.29. The molecule has 1 saturated heterocycles. The number of carbonyl (C=O) groups excluding carboxylic acids is 1. The molecule has 1 aromatic rings. The molecule has 2 N–H and O–H groups in total. The Morgan fingerprint density at radius 2 is 2.09 bits per heavy atom. The summed E-state index contributed by atoms with van der Waals surface area (Å²) in [4.78, 5) is 14.0. The van der Waals surface area contributed by atoms with Crippen LogP contribution in [0.3, 0.4) is 0 Å². The fourth-order valence-corrected chi connectivity index (χ4v) is 2.97. The monoisotopic (exact) mass is 306 g/mol. The van der Waals surface area contributed by atoms with Gasteiger partial charge in [0.25, 0.3) is 0 Å². The van der Waals surface area contributed by atoms with Gasteiger partial charge in [-0.1, -0.05) is 13.0 Å². The van der Waals surface area contributed by atoms with Crippen LogP contribution in [0.2, 0.25) is 0 Å². The summed E-state index contributed by atoms with van der Waals surface area (Å²) in [6, 6.07) is 5.53. The fourth-order valence-electron chi connectivity index (χ4n) is 2.97. The molecule has 122 valence electrons. The van der Waals surface area contributed by atoms with Crippen LogP contribution in [0.15, 0.2) is 18.2 Å². The minimum atomic E-state index is -0.181. The highest BCUT2D eigenvalue weighted by molar-refractivity contribution is 5.80. The summed E-state index contributed by atoms with van der Waals surface area (Å²) in [7, 11) is 1.62. The molecule has 1 fully saturated rings. The first-order valence-corrected chi connectivity index (χ1v) is 7.87. The van der Waals surface area contributed by atoms with E-state index in [-0.39, 0.29) is 24.1 Å². The third kappa shape index (κ3) is 3.35. The number of hydrogen-bond acceptors (Lipinski definition) is 4. The van der Waals surface area contributed by atoms with Gasteiger partial charge in [-0.25, -0.2) is 0 Å². The summed E-state index contributed by atoms with van der Waals surface area (Å²) < 4.78 is 11.2. The van der Waals surface area contributed by atoms with E-state index in [0.717, 1.165) is 18.5 Å². The van der Waals surface area contributed by atoms with Gasteiger partial charge in [-0.2, -0.15) is 0 Å². The van der Waals surface area contributed by atoms with Crippen LogP contribution in [0.4, 0.5) is 0 Å². The molecule has 1 aliphatic heterocycles. The maximum Gasteiger partial charge on any atom is 0.224 e. The standard InChI is InChI=1S/C17H26N2O3/c1-5-8-19-16(20)10-13(18)17(19)12-6-7-14(21-4)15(9-12)22-11(2)3/h6-7,9,11,13,17H,5,8,10,18H2,1-4H3. The molecule has 1 heterocycles. The molecule has 5 nitrogen and oxygen atoms in total. The molecule has 0 aliphatic carbocycles. The van der Waals surface area contributed by atoms with Crippen LogP contribution in [-0.4, -0.2) is 36.6 Å². The van der Waals surface area contributed by atoms with Crippen molar-refractivity contribution < 1.29 is 14.3 Å². The first kappa shape index (κ1) is 16.6. The smallest absolute Gasteiger partial charge is 0.224 e. The van der Waals surface area contributed by atoms with Gasteiger partial charge in [0.2, 0.25) is 5.91 Å². The van der Waals surface area contributed by atoms with Crippen molar-refractivity contribution in [1.82, 2.24) is 4.90 Å². The molecule has 1 aliphatic rings. The predicted molar refractivity (Wildman–Crippen MR) is 86.1 cm³/mol. The van der Waals surface area contributed by atoms with Crippen LogP contribution in [0.5, 0.6) is 11.5 Å². The van der Waals surface area contributed by atoms with E-state index in [1.165, 1.54) is 0 Å². The lowest BCUT2D eigenvalue weighted by atomic mass is 10.00. The third-order valence-corrected chi connectivity index (χ3v) is 3.83. The summed E-state index contributed by atoms with van der Waals surface area (Å²) in [6.07, 6.45) is 1.37. The number of nitrogens with zero attached hydrogens (tertiary/aromatic N) is 1. The molecule has 1 aromatic carbocycles. The number of carbonyl (C=O) groups is 1. The van der Waals surface area contributed by atoms with Gasteiger partial charge >= 0.3 is 0 Å². The zero-order valence-corrected chi connectivity index (χ0v) is 13.8. The molecule has 2 rings (SSSR count). The second kappa shape index (κ2) is 7.01. The lowest BCUT2D eigenvalue weighted by molar-refractivity contribution is -0.129. The quantitative estimate of drug-likeness (QED) is 0.877. The molecular weight excluding hydrogens is 280 g/mol. The van der Waals surface area contributed by atoms with Crippen molar-refractivity contribution in [3.63, 3.8) is 0 Å². The second-order valence-electron chi connectivity index (χ2n) is 5.98. The number of amides is 1. The Morgan fingerprint density at radius 1 is 1.36 bits per heavy atom. The van der Waals surface area contributed by atoms with Crippen LogP contribution in [0.1, 0.15) is 45.2 Å². The van der Waals surface area contributed by atoms with Crippen molar-refractivity contribution >= 4 is 5.91 Å².